The van der Waals surface area contributed by atoms with Gasteiger partial charge in [-0.25, -0.2) is 4.98 Å². The SMILES string of the molecule is CCNc1cc(N(CCC#N)Cc2cccnc2)ccn1. The van der Waals surface area contributed by atoms with Crippen LogP contribution >= 0.6 is 0 Å². The third kappa shape index (κ3) is 4.46. The molecule has 108 valence electrons. The van der Waals surface area contributed by atoms with Gasteiger partial charge >= 0.3 is 0 Å². The highest BCUT2D eigenvalue weighted by atomic mass is 15.1. The highest BCUT2D eigenvalue weighted by Gasteiger charge is 2.08. The molecule has 1 N–H and O–H groups in total. The van der Waals surface area contributed by atoms with Gasteiger partial charge in [-0.3, -0.25) is 4.98 Å². The Hall–Kier alpha value is -2.61. The summed E-state index contributed by atoms with van der Waals surface area (Å²) in [5.74, 6) is 0.850. The Labute approximate surface area is 125 Å². The summed E-state index contributed by atoms with van der Waals surface area (Å²) >= 11 is 0. The summed E-state index contributed by atoms with van der Waals surface area (Å²) in [5.41, 5.74) is 2.18. The molecule has 0 saturated carbocycles. The number of aromatic nitrogens is 2. The molecule has 21 heavy (non-hydrogen) atoms. The van der Waals surface area contributed by atoms with Crippen molar-refractivity contribution in [2.24, 2.45) is 0 Å². The minimum Gasteiger partial charge on any atom is -0.370 e. The lowest BCUT2D eigenvalue weighted by atomic mass is 10.2. The zero-order valence-electron chi connectivity index (χ0n) is 12.2. The van der Waals surface area contributed by atoms with Crippen LogP contribution in [0.4, 0.5) is 11.5 Å². The number of nitrogens with one attached hydrogen (secondary N) is 1. The zero-order valence-corrected chi connectivity index (χ0v) is 12.2. The van der Waals surface area contributed by atoms with Gasteiger partial charge in [0.25, 0.3) is 0 Å². The molecule has 2 aromatic rings. The maximum Gasteiger partial charge on any atom is 0.127 e. The van der Waals surface area contributed by atoms with E-state index in [0.29, 0.717) is 13.0 Å². The van der Waals surface area contributed by atoms with Gasteiger partial charge in [0.05, 0.1) is 12.5 Å². The molecule has 0 aliphatic heterocycles. The summed E-state index contributed by atoms with van der Waals surface area (Å²) in [6.45, 7) is 4.28. The van der Waals surface area contributed by atoms with Crippen molar-refractivity contribution in [1.29, 1.82) is 5.26 Å². The minimum atomic E-state index is 0.485. The minimum absolute atomic E-state index is 0.485. The van der Waals surface area contributed by atoms with E-state index in [0.717, 1.165) is 30.2 Å². The number of hydrogen-bond donors (Lipinski definition) is 1. The lowest BCUT2D eigenvalue weighted by Crippen LogP contribution is -2.24. The molecule has 5 heteroatoms. The Balaban J connectivity index is 2.19. The molecular formula is C16H19N5. The Morgan fingerprint density at radius 2 is 2.24 bits per heavy atom. The van der Waals surface area contributed by atoms with E-state index in [1.807, 2.05) is 37.4 Å². The van der Waals surface area contributed by atoms with Crippen LogP contribution in [0.25, 0.3) is 0 Å². The first-order valence-electron chi connectivity index (χ1n) is 7.04. The van der Waals surface area contributed by atoms with E-state index in [9.17, 15) is 0 Å². The molecule has 5 nitrogen and oxygen atoms in total. The molecule has 0 unspecified atom stereocenters. The smallest absolute Gasteiger partial charge is 0.127 e. The fourth-order valence-corrected chi connectivity index (χ4v) is 2.09. The maximum absolute atomic E-state index is 8.85. The average Bonchev–Trinajstić information content (AvgIpc) is 2.53. The summed E-state index contributed by atoms with van der Waals surface area (Å²) in [6, 6.07) is 10.1. The highest BCUT2D eigenvalue weighted by molar-refractivity contribution is 5.54. The molecule has 0 aliphatic rings. The molecule has 0 radical (unpaired) electrons. The van der Waals surface area contributed by atoms with Crippen molar-refractivity contribution in [3.05, 3.63) is 48.4 Å². The van der Waals surface area contributed by atoms with Crippen LogP contribution in [0, 0.1) is 11.3 Å². The first-order valence-corrected chi connectivity index (χ1v) is 7.04. The van der Waals surface area contributed by atoms with Crippen molar-refractivity contribution in [2.75, 3.05) is 23.3 Å². The van der Waals surface area contributed by atoms with Crippen molar-refractivity contribution in [2.45, 2.75) is 19.9 Å². The van der Waals surface area contributed by atoms with Gasteiger partial charge < -0.3 is 10.2 Å². The van der Waals surface area contributed by atoms with Gasteiger partial charge in [0.15, 0.2) is 0 Å². The average molecular weight is 281 g/mol. The van der Waals surface area contributed by atoms with Crippen LogP contribution in [-0.4, -0.2) is 23.1 Å². The third-order valence-corrected chi connectivity index (χ3v) is 3.06. The van der Waals surface area contributed by atoms with Crippen LogP contribution < -0.4 is 10.2 Å². The molecule has 0 spiro atoms. The number of anilines is 2. The van der Waals surface area contributed by atoms with E-state index in [-0.39, 0.29) is 0 Å². The van der Waals surface area contributed by atoms with Gasteiger partial charge in [0, 0.05) is 50.0 Å². The van der Waals surface area contributed by atoms with E-state index in [1.54, 1.807) is 12.4 Å². The van der Waals surface area contributed by atoms with Crippen LogP contribution in [0.5, 0.6) is 0 Å². The number of nitriles is 1. The van der Waals surface area contributed by atoms with Crippen molar-refractivity contribution in [1.82, 2.24) is 9.97 Å². The fourth-order valence-electron chi connectivity index (χ4n) is 2.09. The number of hydrogen-bond acceptors (Lipinski definition) is 5. The number of rotatable bonds is 7. The largest absolute Gasteiger partial charge is 0.370 e. The second kappa shape index (κ2) is 7.85. The molecule has 0 saturated heterocycles. The topological polar surface area (TPSA) is 64.8 Å². The standard InChI is InChI=1S/C16H19N5/c1-2-19-16-11-15(6-9-20-16)21(10-4-7-17)13-14-5-3-8-18-12-14/h3,5-6,8-9,11-12H,2,4,10,13H2,1H3,(H,19,20). The second-order valence-electron chi connectivity index (χ2n) is 4.62. The van der Waals surface area contributed by atoms with Crippen LogP contribution in [0.2, 0.25) is 0 Å². The molecule has 2 rings (SSSR count). The predicted molar refractivity (Wildman–Crippen MR) is 83.9 cm³/mol. The quantitative estimate of drug-likeness (QED) is 0.845. The Bertz CT molecular complexity index is 591. The predicted octanol–water partition coefficient (Wildman–Crippen LogP) is 2.83. The van der Waals surface area contributed by atoms with Crippen LogP contribution in [0.1, 0.15) is 18.9 Å². The van der Waals surface area contributed by atoms with Crippen molar-refractivity contribution in [3.63, 3.8) is 0 Å². The molecule has 0 aromatic carbocycles. The van der Waals surface area contributed by atoms with Crippen LogP contribution in [0.3, 0.4) is 0 Å². The zero-order chi connectivity index (χ0) is 14.9. The van der Waals surface area contributed by atoms with Crippen molar-refractivity contribution >= 4 is 11.5 Å². The summed E-state index contributed by atoms with van der Waals surface area (Å²) in [4.78, 5) is 10.6. The first-order chi connectivity index (χ1) is 10.3. The normalized spacial score (nSPS) is 9.90. The van der Waals surface area contributed by atoms with E-state index in [1.165, 1.54) is 0 Å². The van der Waals surface area contributed by atoms with E-state index in [2.05, 4.69) is 26.3 Å². The van der Waals surface area contributed by atoms with E-state index < -0.39 is 0 Å². The number of nitrogens with zero attached hydrogens (tertiary/aromatic N) is 4. The van der Waals surface area contributed by atoms with Gasteiger partial charge in [-0.05, 0) is 24.6 Å². The third-order valence-electron chi connectivity index (χ3n) is 3.06. The highest BCUT2D eigenvalue weighted by Crippen LogP contribution is 2.19. The van der Waals surface area contributed by atoms with Crippen LogP contribution in [0.15, 0.2) is 42.9 Å². The fraction of sp³-hybridized carbons (Fsp3) is 0.312. The summed E-state index contributed by atoms with van der Waals surface area (Å²) in [6.07, 6.45) is 5.89. The second-order valence-corrected chi connectivity index (χ2v) is 4.62. The van der Waals surface area contributed by atoms with Crippen molar-refractivity contribution in [3.8, 4) is 6.07 Å². The van der Waals surface area contributed by atoms with Gasteiger partial charge in [0.2, 0.25) is 0 Å². The summed E-state index contributed by atoms with van der Waals surface area (Å²) < 4.78 is 0. The molecule has 0 aliphatic carbocycles. The molecular weight excluding hydrogens is 262 g/mol. The maximum atomic E-state index is 8.85. The molecule has 0 amide bonds. The first kappa shape index (κ1) is 14.8. The molecule has 0 bridgehead atoms. The monoisotopic (exact) mass is 281 g/mol. The van der Waals surface area contributed by atoms with Gasteiger partial charge in [-0.2, -0.15) is 5.26 Å². The van der Waals surface area contributed by atoms with E-state index >= 15 is 0 Å². The molecule has 2 aromatic heterocycles. The van der Waals surface area contributed by atoms with Crippen LogP contribution in [-0.2, 0) is 6.54 Å². The Morgan fingerprint density at radius 3 is 2.95 bits per heavy atom. The van der Waals surface area contributed by atoms with Gasteiger partial charge in [-0.15, -0.1) is 0 Å². The lowest BCUT2D eigenvalue weighted by molar-refractivity contribution is 0.794. The Morgan fingerprint density at radius 1 is 1.33 bits per heavy atom. The molecule has 2 heterocycles. The van der Waals surface area contributed by atoms with E-state index in [4.69, 9.17) is 5.26 Å². The molecule has 0 fully saturated rings. The summed E-state index contributed by atoms with van der Waals surface area (Å²) in [7, 11) is 0. The van der Waals surface area contributed by atoms with Gasteiger partial charge in [0.1, 0.15) is 5.82 Å². The van der Waals surface area contributed by atoms with Gasteiger partial charge in [-0.1, -0.05) is 6.07 Å². The lowest BCUT2D eigenvalue weighted by Gasteiger charge is -2.24. The Kier molecular flexibility index (Phi) is 5.53. The summed E-state index contributed by atoms with van der Waals surface area (Å²) in [5, 5.41) is 12.1. The molecule has 0 atom stereocenters. The van der Waals surface area contributed by atoms with Crippen molar-refractivity contribution < 1.29 is 0 Å². The number of pyridine rings is 2.